The highest BCUT2D eigenvalue weighted by atomic mass is 16.5. The monoisotopic (exact) mass is 347 g/mol. The Kier molecular flexibility index (Phi) is 5.75. The van der Waals surface area contributed by atoms with E-state index < -0.39 is 0 Å². The summed E-state index contributed by atoms with van der Waals surface area (Å²) in [5.74, 6) is -0.0375. The van der Waals surface area contributed by atoms with E-state index in [0.717, 1.165) is 25.9 Å². The summed E-state index contributed by atoms with van der Waals surface area (Å²) in [5.41, 5.74) is 0.467. The molecule has 136 valence electrons. The minimum atomic E-state index is -0.116. The lowest BCUT2D eigenvalue weighted by Crippen LogP contribution is -2.53. The summed E-state index contributed by atoms with van der Waals surface area (Å²) in [7, 11) is 0. The van der Waals surface area contributed by atoms with Gasteiger partial charge in [0, 0.05) is 44.9 Å². The van der Waals surface area contributed by atoms with Gasteiger partial charge in [-0.15, -0.1) is 0 Å². The second-order valence-corrected chi connectivity index (χ2v) is 6.49. The van der Waals surface area contributed by atoms with Gasteiger partial charge in [-0.2, -0.15) is 0 Å². The number of nitrogens with zero attached hydrogens (tertiary/aromatic N) is 2. The normalized spacial score (nSPS) is 20.6. The van der Waals surface area contributed by atoms with Gasteiger partial charge in [-0.05, 0) is 37.5 Å². The van der Waals surface area contributed by atoms with Gasteiger partial charge in [0.1, 0.15) is 5.75 Å². The van der Waals surface area contributed by atoms with Crippen LogP contribution in [0.15, 0.2) is 24.3 Å². The molecule has 2 N–H and O–H groups in total. The van der Waals surface area contributed by atoms with Crippen LogP contribution >= 0.6 is 0 Å². The smallest absolute Gasteiger partial charge is 0.317 e. The van der Waals surface area contributed by atoms with Crippen molar-refractivity contribution in [3.63, 3.8) is 0 Å². The number of urea groups is 1. The van der Waals surface area contributed by atoms with Gasteiger partial charge in [-0.1, -0.05) is 6.07 Å². The summed E-state index contributed by atoms with van der Waals surface area (Å²) in [6.45, 7) is 3.45. The maximum absolute atomic E-state index is 12.4. The summed E-state index contributed by atoms with van der Waals surface area (Å²) in [6.07, 6.45) is 3.30. The van der Waals surface area contributed by atoms with E-state index in [1.807, 2.05) is 0 Å². The predicted molar refractivity (Wildman–Crippen MR) is 92.6 cm³/mol. The molecule has 0 saturated carbocycles. The van der Waals surface area contributed by atoms with Gasteiger partial charge in [0.25, 0.3) is 5.91 Å². The molecule has 2 heterocycles. The number of hydrogen-bond donors (Lipinski definition) is 2. The average molecular weight is 347 g/mol. The van der Waals surface area contributed by atoms with Crippen molar-refractivity contribution in [2.75, 3.05) is 39.3 Å². The Morgan fingerprint density at radius 1 is 1.20 bits per heavy atom. The van der Waals surface area contributed by atoms with Gasteiger partial charge in [0.2, 0.25) is 0 Å². The molecule has 3 rings (SSSR count). The Morgan fingerprint density at radius 2 is 1.96 bits per heavy atom. The van der Waals surface area contributed by atoms with Crippen molar-refractivity contribution in [1.29, 1.82) is 0 Å². The van der Waals surface area contributed by atoms with Crippen LogP contribution in [-0.2, 0) is 4.74 Å². The van der Waals surface area contributed by atoms with Crippen molar-refractivity contribution in [2.45, 2.75) is 25.4 Å². The molecule has 7 heteroatoms. The molecule has 0 unspecified atom stereocenters. The summed E-state index contributed by atoms with van der Waals surface area (Å²) in [4.78, 5) is 28.1. The van der Waals surface area contributed by atoms with Crippen molar-refractivity contribution >= 4 is 11.9 Å². The Hall–Kier alpha value is -2.28. The van der Waals surface area contributed by atoms with E-state index in [9.17, 15) is 14.7 Å². The summed E-state index contributed by atoms with van der Waals surface area (Å²) >= 11 is 0. The lowest BCUT2D eigenvalue weighted by molar-refractivity contribution is 0.0662. The summed E-state index contributed by atoms with van der Waals surface area (Å²) in [5, 5.41) is 12.4. The maximum Gasteiger partial charge on any atom is 0.317 e. The number of nitrogens with one attached hydrogen (secondary N) is 1. The molecule has 2 aliphatic heterocycles. The number of ether oxygens (including phenoxy) is 1. The Balaban J connectivity index is 1.41. The molecule has 1 atom stereocenters. The van der Waals surface area contributed by atoms with Gasteiger partial charge in [0.15, 0.2) is 0 Å². The number of amides is 3. The number of piperazine rings is 1. The fourth-order valence-corrected chi connectivity index (χ4v) is 3.26. The Labute approximate surface area is 147 Å². The number of rotatable bonds is 4. The van der Waals surface area contributed by atoms with Gasteiger partial charge in [-0.3, -0.25) is 4.79 Å². The molecule has 0 bridgehead atoms. The molecule has 1 aromatic carbocycles. The summed E-state index contributed by atoms with van der Waals surface area (Å²) in [6, 6.07) is 6.26. The van der Waals surface area contributed by atoms with E-state index in [-0.39, 0.29) is 23.8 Å². The van der Waals surface area contributed by atoms with Crippen molar-refractivity contribution in [3.05, 3.63) is 29.8 Å². The van der Waals surface area contributed by atoms with Gasteiger partial charge >= 0.3 is 6.03 Å². The first kappa shape index (κ1) is 17.5. The largest absolute Gasteiger partial charge is 0.508 e. The third-order valence-electron chi connectivity index (χ3n) is 4.71. The molecule has 1 aromatic rings. The van der Waals surface area contributed by atoms with Crippen molar-refractivity contribution in [2.24, 2.45) is 0 Å². The molecular weight excluding hydrogens is 322 g/mol. The van der Waals surface area contributed by atoms with E-state index in [1.165, 1.54) is 12.1 Å². The van der Waals surface area contributed by atoms with Crippen LogP contribution in [0.5, 0.6) is 5.75 Å². The molecule has 2 saturated heterocycles. The second kappa shape index (κ2) is 8.20. The van der Waals surface area contributed by atoms with E-state index in [4.69, 9.17) is 4.74 Å². The number of phenolic OH excluding ortho intramolecular Hbond substituents is 1. The first-order valence-corrected chi connectivity index (χ1v) is 8.86. The van der Waals surface area contributed by atoms with Gasteiger partial charge in [-0.25, -0.2) is 4.79 Å². The average Bonchev–Trinajstić information content (AvgIpc) is 3.14. The van der Waals surface area contributed by atoms with E-state index in [0.29, 0.717) is 38.3 Å². The third kappa shape index (κ3) is 4.63. The Morgan fingerprint density at radius 3 is 2.64 bits per heavy atom. The van der Waals surface area contributed by atoms with Crippen LogP contribution in [0.3, 0.4) is 0 Å². The Bertz CT molecular complexity index is 608. The fourth-order valence-electron chi connectivity index (χ4n) is 3.26. The van der Waals surface area contributed by atoms with E-state index in [2.05, 4.69) is 5.32 Å². The zero-order valence-electron chi connectivity index (χ0n) is 14.3. The predicted octanol–water partition coefficient (Wildman–Crippen LogP) is 1.43. The highest BCUT2D eigenvalue weighted by Crippen LogP contribution is 2.15. The number of carbonyl (C=O) groups is 2. The number of benzene rings is 1. The quantitative estimate of drug-likeness (QED) is 0.863. The number of carbonyl (C=O) groups excluding carboxylic acids is 2. The minimum Gasteiger partial charge on any atom is -0.508 e. The number of aromatic hydroxyl groups is 1. The lowest BCUT2D eigenvalue weighted by Gasteiger charge is -2.34. The van der Waals surface area contributed by atoms with Crippen LogP contribution < -0.4 is 5.32 Å². The van der Waals surface area contributed by atoms with Crippen LogP contribution in [-0.4, -0.2) is 72.3 Å². The zero-order valence-corrected chi connectivity index (χ0v) is 14.3. The molecule has 2 fully saturated rings. The van der Waals surface area contributed by atoms with Crippen molar-refractivity contribution in [3.8, 4) is 5.75 Å². The molecule has 0 spiro atoms. The first-order valence-electron chi connectivity index (χ1n) is 8.86. The van der Waals surface area contributed by atoms with Crippen LogP contribution in [0, 0.1) is 0 Å². The molecule has 0 aliphatic carbocycles. The molecule has 3 amide bonds. The number of hydrogen-bond acceptors (Lipinski definition) is 4. The number of phenols is 1. The highest BCUT2D eigenvalue weighted by Gasteiger charge is 2.25. The minimum absolute atomic E-state index is 0.0788. The van der Waals surface area contributed by atoms with Crippen molar-refractivity contribution in [1.82, 2.24) is 15.1 Å². The van der Waals surface area contributed by atoms with E-state index >= 15 is 0 Å². The zero-order chi connectivity index (χ0) is 17.6. The molecule has 7 nitrogen and oxygen atoms in total. The van der Waals surface area contributed by atoms with Gasteiger partial charge in [0.05, 0.1) is 6.10 Å². The first-order chi connectivity index (χ1) is 12.1. The molecule has 2 aliphatic rings. The molecule has 0 aromatic heterocycles. The van der Waals surface area contributed by atoms with Gasteiger partial charge < -0.3 is 25.0 Å². The SMILES string of the molecule is O=C(NCC[C@H]1CCCO1)N1CCN(C(=O)c2cccc(O)c2)CC1. The highest BCUT2D eigenvalue weighted by molar-refractivity contribution is 5.94. The van der Waals surface area contributed by atoms with Crippen LogP contribution in [0.2, 0.25) is 0 Å². The van der Waals surface area contributed by atoms with Crippen molar-refractivity contribution < 1.29 is 19.4 Å². The summed E-state index contributed by atoms with van der Waals surface area (Å²) < 4.78 is 5.54. The standard InChI is InChI=1S/C18H25N3O4/c22-15-4-1-3-14(13-15)17(23)20-8-10-21(11-9-20)18(24)19-7-6-16-5-2-12-25-16/h1,3-4,13,16,22H,2,5-12H2,(H,19,24)/t16-/m1/s1. The molecule has 0 radical (unpaired) electrons. The molecule has 25 heavy (non-hydrogen) atoms. The van der Waals surface area contributed by atoms with Crippen LogP contribution in [0.1, 0.15) is 29.6 Å². The maximum atomic E-state index is 12.4. The topological polar surface area (TPSA) is 82.1 Å². The molecular formula is C18H25N3O4. The van der Waals surface area contributed by atoms with Crippen LogP contribution in [0.4, 0.5) is 4.79 Å². The lowest BCUT2D eigenvalue weighted by atomic mass is 10.1. The fraction of sp³-hybridized carbons (Fsp3) is 0.556. The second-order valence-electron chi connectivity index (χ2n) is 6.49. The van der Waals surface area contributed by atoms with E-state index in [1.54, 1.807) is 21.9 Å². The third-order valence-corrected chi connectivity index (χ3v) is 4.71. The van der Waals surface area contributed by atoms with Crippen LogP contribution in [0.25, 0.3) is 0 Å².